The van der Waals surface area contributed by atoms with Gasteiger partial charge in [0, 0.05) is 5.02 Å². The molecule has 2 unspecified atom stereocenters. The van der Waals surface area contributed by atoms with Gasteiger partial charge in [0.25, 0.3) is 0 Å². The van der Waals surface area contributed by atoms with Crippen molar-refractivity contribution in [3.05, 3.63) is 40.9 Å². The van der Waals surface area contributed by atoms with E-state index in [9.17, 15) is 0 Å². The molecule has 0 fully saturated rings. The second-order valence-corrected chi connectivity index (χ2v) is 6.13. The van der Waals surface area contributed by atoms with Crippen LogP contribution in [-0.4, -0.2) is 18.7 Å². The van der Waals surface area contributed by atoms with Crippen LogP contribution < -0.4 is 10.1 Å². The highest BCUT2D eigenvalue weighted by molar-refractivity contribution is 6.30. The lowest BCUT2D eigenvalue weighted by Gasteiger charge is -2.28. The monoisotopic (exact) mass is 307 g/mol. The number of benzene rings is 1. The summed E-state index contributed by atoms with van der Waals surface area (Å²) in [6, 6.07) is 7.92. The second-order valence-electron chi connectivity index (χ2n) is 5.69. The highest BCUT2D eigenvalue weighted by atomic mass is 35.5. The molecule has 2 rings (SSSR count). The molecule has 1 N–H and O–H groups in total. The van der Waals surface area contributed by atoms with Crippen molar-refractivity contribution in [2.24, 2.45) is 0 Å². The lowest BCUT2D eigenvalue weighted by molar-refractivity contribution is 0.184. The number of hydrogen-bond acceptors (Lipinski definition) is 2. The maximum Gasteiger partial charge on any atom is 0.121 e. The van der Waals surface area contributed by atoms with Crippen LogP contribution in [-0.2, 0) is 0 Å². The number of ether oxygens (including phenoxy) is 1. The third kappa shape index (κ3) is 5.05. The van der Waals surface area contributed by atoms with E-state index < -0.39 is 0 Å². The van der Waals surface area contributed by atoms with E-state index in [0.717, 1.165) is 12.3 Å². The summed E-state index contributed by atoms with van der Waals surface area (Å²) in [6.07, 6.45) is 8.82. The molecule has 1 aromatic rings. The molecule has 116 valence electrons. The summed E-state index contributed by atoms with van der Waals surface area (Å²) in [6.45, 7) is 5.24. The molecule has 21 heavy (non-hydrogen) atoms. The van der Waals surface area contributed by atoms with E-state index in [1.165, 1.54) is 37.7 Å². The van der Waals surface area contributed by atoms with Crippen LogP contribution in [0.2, 0.25) is 5.02 Å². The summed E-state index contributed by atoms with van der Waals surface area (Å²) in [5.74, 6) is 0.840. The highest BCUT2D eigenvalue weighted by Gasteiger charge is 2.22. The Bertz CT molecular complexity index is 472. The van der Waals surface area contributed by atoms with Crippen molar-refractivity contribution in [2.75, 3.05) is 6.54 Å². The third-order valence-corrected chi connectivity index (χ3v) is 4.22. The number of halogens is 1. The van der Waals surface area contributed by atoms with Gasteiger partial charge in [-0.15, -0.1) is 0 Å². The fourth-order valence-corrected chi connectivity index (χ4v) is 3.14. The highest BCUT2D eigenvalue weighted by Crippen LogP contribution is 2.25. The van der Waals surface area contributed by atoms with Crippen molar-refractivity contribution in [2.45, 2.75) is 58.1 Å². The molecule has 0 bridgehead atoms. The molecule has 1 aliphatic rings. The average Bonchev–Trinajstić information content (AvgIpc) is 2.73. The maximum atomic E-state index is 6.12. The first-order valence-electron chi connectivity index (χ1n) is 8.05. The SMILES string of the molecule is CCNC(C1=CCCCCC1)C(C)Oc1cccc(Cl)c1. The van der Waals surface area contributed by atoms with Gasteiger partial charge in [-0.25, -0.2) is 0 Å². The van der Waals surface area contributed by atoms with Crippen molar-refractivity contribution < 1.29 is 4.74 Å². The van der Waals surface area contributed by atoms with E-state index in [-0.39, 0.29) is 12.1 Å². The molecule has 0 saturated heterocycles. The first kappa shape index (κ1) is 16.4. The average molecular weight is 308 g/mol. The minimum atomic E-state index is 0.0905. The van der Waals surface area contributed by atoms with Crippen LogP contribution in [0.4, 0.5) is 0 Å². The Morgan fingerprint density at radius 1 is 1.29 bits per heavy atom. The predicted molar refractivity (Wildman–Crippen MR) is 90.2 cm³/mol. The molecule has 0 aromatic heterocycles. The van der Waals surface area contributed by atoms with Gasteiger partial charge in [-0.2, -0.15) is 0 Å². The minimum absolute atomic E-state index is 0.0905. The molecule has 0 aliphatic heterocycles. The molecule has 3 heteroatoms. The molecular weight excluding hydrogens is 282 g/mol. The van der Waals surface area contributed by atoms with Gasteiger partial charge < -0.3 is 10.1 Å². The lowest BCUT2D eigenvalue weighted by atomic mass is 9.97. The number of rotatable bonds is 6. The van der Waals surface area contributed by atoms with Crippen molar-refractivity contribution in [1.29, 1.82) is 0 Å². The van der Waals surface area contributed by atoms with Crippen molar-refractivity contribution in [3.8, 4) is 5.75 Å². The van der Waals surface area contributed by atoms with Gasteiger partial charge in [0.1, 0.15) is 11.9 Å². The molecule has 0 spiro atoms. The van der Waals surface area contributed by atoms with E-state index in [0.29, 0.717) is 5.02 Å². The zero-order valence-corrected chi connectivity index (χ0v) is 13.8. The predicted octanol–water partition coefficient (Wildman–Crippen LogP) is 4.98. The number of nitrogens with one attached hydrogen (secondary N) is 1. The molecule has 2 nitrogen and oxygen atoms in total. The van der Waals surface area contributed by atoms with Gasteiger partial charge >= 0.3 is 0 Å². The summed E-state index contributed by atoms with van der Waals surface area (Å²) in [4.78, 5) is 0. The molecular formula is C18H26ClNO. The molecule has 0 radical (unpaired) electrons. The molecule has 2 atom stereocenters. The van der Waals surface area contributed by atoms with Crippen LogP contribution in [0, 0.1) is 0 Å². The van der Waals surface area contributed by atoms with E-state index in [2.05, 4.69) is 25.2 Å². The van der Waals surface area contributed by atoms with Crippen LogP contribution in [0.5, 0.6) is 5.75 Å². The fraction of sp³-hybridized carbons (Fsp3) is 0.556. The van der Waals surface area contributed by atoms with Crippen LogP contribution >= 0.6 is 11.6 Å². The number of likely N-dealkylation sites (N-methyl/N-ethyl adjacent to an activating group) is 1. The van der Waals surface area contributed by atoms with Crippen molar-refractivity contribution in [3.63, 3.8) is 0 Å². The summed E-state index contributed by atoms with van der Waals surface area (Å²) < 4.78 is 6.12. The number of allylic oxidation sites excluding steroid dienone is 1. The van der Waals surface area contributed by atoms with Crippen molar-refractivity contribution >= 4 is 11.6 Å². The number of hydrogen-bond donors (Lipinski definition) is 1. The van der Waals surface area contributed by atoms with E-state index in [1.54, 1.807) is 0 Å². The zero-order valence-electron chi connectivity index (χ0n) is 13.1. The van der Waals surface area contributed by atoms with Gasteiger partial charge in [-0.1, -0.05) is 42.7 Å². The topological polar surface area (TPSA) is 21.3 Å². The Labute approximate surface area is 133 Å². The largest absolute Gasteiger partial charge is 0.489 e. The van der Waals surface area contributed by atoms with Gasteiger partial charge in [0.15, 0.2) is 0 Å². The summed E-state index contributed by atoms with van der Waals surface area (Å²) in [5, 5.41) is 4.30. The Morgan fingerprint density at radius 3 is 2.90 bits per heavy atom. The van der Waals surface area contributed by atoms with Crippen LogP contribution in [0.15, 0.2) is 35.9 Å². The Morgan fingerprint density at radius 2 is 2.14 bits per heavy atom. The second kappa shape index (κ2) is 8.45. The molecule has 0 amide bonds. The minimum Gasteiger partial charge on any atom is -0.489 e. The third-order valence-electron chi connectivity index (χ3n) is 3.99. The lowest BCUT2D eigenvalue weighted by Crippen LogP contribution is -2.42. The first-order chi connectivity index (χ1) is 10.2. The summed E-state index contributed by atoms with van der Waals surface area (Å²) >= 11 is 6.03. The summed E-state index contributed by atoms with van der Waals surface area (Å²) in [5.41, 5.74) is 1.50. The normalized spacial score (nSPS) is 18.5. The Balaban J connectivity index is 2.07. The summed E-state index contributed by atoms with van der Waals surface area (Å²) in [7, 11) is 0. The smallest absolute Gasteiger partial charge is 0.121 e. The van der Waals surface area contributed by atoms with E-state index in [1.807, 2.05) is 24.3 Å². The first-order valence-corrected chi connectivity index (χ1v) is 8.43. The van der Waals surface area contributed by atoms with E-state index >= 15 is 0 Å². The van der Waals surface area contributed by atoms with E-state index in [4.69, 9.17) is 16.3 Å². The zero-order chi connectivity index (χ0) is 15.1. The van der Waals surface area contributed by atoms with Gasteiger partial charge in [0.05, 0.1) is 6.04 Å². The van der Waals surface area contributed by atoms with Gasteiger partial charge in [0.2, 0.25) is 0 Å². The van der Waals surface area contributed by atoms with Crippen LogP contribution in [0.3, 0.4) is 0 Å². The van der Waals surface area contributed by atoms with Crippen molar-refractivity contribution in [1.82, 2.24) is 5.32 Å². The molecule has 1 aliphatic carbocycles. The molecule has 1 aromatic carbocycles. The quantitative estimate of drug-likeness (QED) is 0.749. The van der Waals surface area contributed by atoms with Crippen LogP contribution in [0.1, 0.15) is 46.0 Å². The Kier molecular flexibility index (Phi) is 6.59. The molecule has 0 saturated carbocycles. The fourth-order valence-electron chi connectivity index (χ4n) is 2.96. The molecule has 0 heterocycles. The maximum absolute atomic E-state index is 6.12. The van der Waals surface area contributed by atoms with Gasteiger partial charge in [-0.3, -0.25) is 0 Å². The van der Waals surface area contributed by atoms with Gasteiger partial charge in [-0.05, 0) is 57.4 Å². The Hall–Kier alpha value is -0.990. The standard InChI is InChI=1S/C18H26ClNO/c1-3-20-18(15-9-6-4-5-7-10-15)14(2)21-17-12-8-11-16(19)13-17/h8-9,11-14,18,20H,3-7,10H2,1-2H3. The van der Waals surface area contributed by atoms with Crippen LogP contribution in [0.25, 0.3) is 0 Å².